The average Bonchev–Trinajstić information content (AvgIpc) is 2.66. The third-order valence-corrected chi connectivity index (χ3v) is 3.18. The lowest BCUT2D eigenvalue weighted by atomic mass is 10.2. The molecular formula is C13H7ClN2O3. The number of imide groups is 1. The minimum absolute atomic E-state index is 0.0761. The first kappa shape index (κ1) is 11.7. The van der Waals surface area contributed by atoms with E-state index in [0.717, 1.165) is 4.90 Å². The average molecular weight is 275 g/mol. The minimum atomic E-state index is -0.449. The van der Waals surface area contributed by atoms with Gasteiger partial charge in [0.05, 0.1) is 21.8 Å². The highest BCUT2D eigenvalue weighted by Gasteiger charge is 2.36. The molecule has 1 aromatic carbocycles. The molecule has 94 valence electrons. The topological polar surface area (TPSA) is 70.5 Å². The van der Waals surface area contributed by atoms with Gasteiger partial charge in [0, 0.05) is 12.4 Å². The van der Waals surface area contributed by atoms with Crippen molar-refractivity contribution in [2.45, 2.75) is 0 Å². The predicted octanol–water partition coefficient (Wildman–Crippen LogP) is 2.24. The summed E-state index contributed by atoms with van der Waals surface area (Å²) in [4.78, 5) is 29.2. The van der Waals surface area contributed by atoms with E-state index >= 15 is 0 Å². The molecule has 2 aromatic rings. The number of phenolic OH excluding ortho intramolecular Hbond substituents is 1. The predicted molar refractivity (Wildman–Crippen MR) is 68.5 cm³/mol. The smallest absolute Gasteiger partial charge is 0.267 e. The molecule has 3 rings (SSSR count). The summed E-state index contributed by atoms with van der Waals surface area (Å²) >= 11 is 5.79. The third-order valence-electron chi connectivity index (χ3n) is 2.88. The van der Waals surface area contributed by atoms with Gasteiger partial charge in [0.1, 0.15) is 5.75 Å². The molecule has 19 heavy (non-hydrogen) atoms. The van der Waals surface area contributed by atoms with Gasteiger partial charge in [0.2, 0.25) is 0 Å². The quantitative estimate of drug-likeness (QED) is 0.810. The van der Waals surface area contributed by atoms with Crippen molar-refractivity contribution in [2.75, 3.05) is 4.90 Å². The molecule has 1 aromatic heterocycles. The van der Waals surface area contributed by atoms with Crippen molar-refractivity contribution in [2.24, 2.45) is 0 Å². The van der Waals surface area contributed by atoms with Gasteiger partial charge in [-0.25, -0.2) is 4.90 Å². The van der Waals surface area contributed by atoms with Crippen molar-refractivity contribution in [1.82, 2.24) is 4.98 Å². The molecular weight excluding hydrogens is 268 g/mol. The fourth-order valence-corrected chi connectivity index (χ4v) is 2.13. The van der Waals surface area contributed by atoms with Crippen LogP contribution < -0.4 is 4.90 Å². The van der Waals surface area contributed by atoms with Crippen LogP contribution in [0, 0.1) is 0 Å². The van der Waals surface area contributed by atoms with Crippen LogP contribution in [0.3, 0.4) is 0 Å². The normalized spacial score (nSPS) is 13.8. The van der Waals surface area contributed by atoms with E-state index in [2.05, 4.69) is 4.98 Å². The molecule has 2 heterocycles. The van der Waals surface area contributed by atoms with E-state index in [4.69, 9.17) is 11.6 Å². The third kappa shape index (κ3) is 1.67. The van der Waals surface area contributed by atoms with Crippen LogP contribution in [0.5, 0.6) is 5.75 Å². The van der Waals surface area contributed by atoms with Gasteiger partial charge in [-0.05, 0) is 24.3 Å². The summed E-state index contributed by atoms with van der Waals surface area (Å²) in [7, 11) is 0. The molecule has 2 amide bonds. The molecule has 0 unspecified atom stereocenters. The van der Waals surface area contributed by atoms with Crippen molar-refractivity contribution in [3.63, 3.8) is 0 Å². The molecule has 0 bridgehead atoms. The molecule has 0 spiro atoms. The molecule has 0 atom stereocenters. The fraction of sp³-hybridized carbons (Fsp3) is 0. The number of hydrogen-bond acceptors (Lipinski definition) is 4. The van der Waals surface area contributed by atoms with Crippen LogP contribution in [0.25, 0.3) is 0 Å². The van der Waals surface area contributed by atoms with E-state index in [1.54, 1.807) is 0 Å². The number of anilines is 1. The molecule has 6 heteroatoms. The van der Waals surface area contributed by atoms with Gasteiger partial charge in [0.25, 0.3) is 11.8 Å². The highest BCUT2D eigenvalue weighted by Crippen LogP contribution is 2.32. The SMILES string of the molecule is O=C1c2ccncc2C(=O)N1c1ccc(O)c(Cl)c1. The lowest BCUT2D eigenvalue weighted by Gasteiger charge is -2.14. The van der Waals surface area contributed by atoms with Crippen LogP contribution in [0.15, 0.2) is 36.7 Å². The minimum Gasteiger partial charge on any atom is -0.506 e. The van der Waals surface area contributed by atoms with Crippen LogP contribution in [-0.2, 0) is 0 Å². The van der Waals surface area contributed by atoms with E-state index in [9.17, 15) is 14.7 Å². The Morgan fingerprint density at radius 2 is 1.84 bits per heavy atom. The molecule has 0 saturated heterocycles. The number of carbonyl (C=O) groups is 2. The first-order valence-corrected chi connectivity index (χ1v) is 5.78. The van der Waals surface area contributed by atoms with Crippen LogP contribution in [0.1, 0.15) is 20.7 Å². The molecule has 0 aliphatic carbocycles. The summed E-state index contributed by atoms with van der Waals surface area (Å²) in [6, 6.07) is 5.65. The molecule has 1 N–H and O–H groups in total. The second-order valence-corrected chi connectivity index (χ2v) is 4.41. The Kier molecular flexibility index (Phi) is 2.50. The molecule has 0 radical (unpaired) electrons. The summed E-state index contributed by atoms with van der Waals surface area (Å²) < 4.78 is 0. The Bertz CT molecular complexity index is 680. The Labute approximate surface area is 113 Å². The van der Waals surface area contributed by atoms with Crippen LogP contribution in [0.2, 0.25) is 5.02 Å². The maximum atomic E-state index is 12.2. The molecule has 0 saturated carbocycles. The number of aromatic nitrogens is 1. The zero-order valence-electron chi connectivity index (χ0n) is 9.50. The number of halogens is 1. The van der Waals surface area contributed by atoms with Crippen molar-refractivity contribution in [1.29, 1.82) is 0 Å². The standard InChI is InChI=1S/C13H7ClN2O3/c14-10-5-7(1-2-11(10)17)16-12(18)8-3-4-15-6-9(8)13(16)19/h1-6,17H. The van der Waals surface area contributed by atoms with Crippen molar-refractivity contribution in [3.05, 3.63) is 52.8 Å². The van der Waals surface area contributed by atoms with Crippen molar-refractivity contribution >= 4 is 29.1 Å². The van der Waals surface area contributed by atoms with Crippen molar-refractivity contribution < 1.29 is 14.7 Å². The summed E-state index contributed by atoms with van der Waals surface area (Å²) in [6.45, 7) is 0. The van der Waals surface area contributed by atoms with Crippen LogP contribution in [0.4, 0.5) is 5.69 Å². The number of aromatic hydroxyl groups is 1. The van der Waals surface area contributed by atoms with E-state index in [-0.39, 0.29) is 16.3 Å². The van der Waals surface area contributed by atoms with Gasteiger partial charge in [-0.2, -0.15) is 0 Å². The Morgan fingerprint density at radius 3 is 2.53 bits per heavy atom. The maximum absolute atomic E-state index is 12.2. The Hall–Kier alpha value is -2.40. The first-order chi connectivity index (χ1) is 9.09. The number of nitrogens with zero attached hydrogens (tertiary/aromatic N) is 2. The van der Waals surface area contributed by atoms with E-state index in [1.807, 2.05) is 0 Å². The second-order valence-electron chi connectivity index (χ2n) is 4.00. The van der Waals surface area contributed by atoms with E-state index < -0.39 is 11.8 Å². The summed E-state index contributed by atoms with van der Waals surface area (Å²) in [5.74, 6) is -0.984. The van der Waals surface area contributed by atoms with Crippen molar-refractivity contribution in [3.8, 4) is 5.75 Å². The number of benzene rings is 1. The lowest BCUT2D eigenvalue weighted by Crippen LogP contribution is -2.29. The fourth-order valence-electron chi connectivity index (χ4n) is 1.95. The van der Waals surface area contributed by atoms with Crippen LogP contribution >= 0.6 is 11.6 Å². The summed E-state index contributed by atoms with van der Waals surface area (Å²) in [5, 5.41) is 9.44. The maximum Gasteiger partial charge on any atom is 0.267 e. The van der Waals surface area contributed by atoms with Crippen LogP contribution in [-0.4, -0.2) is 21.9 Å². The number of fused-ring (bicyclic) bond motifs is 1. The largest absolute Gasteiger partial charge is 0.506 e. The molecule has 1 aliphatic heterocycles. The van der Waals surface area contributed by atoms with E-state index in [1.165, 1.54) is 36.7 Å². The number of pyridine rings is 1. The number of hydrogen-bond donors (Lipinski definition) is 1. The summed E-state index contributed by atoms with van der Waals surface area (Å²) in [6.07, 6.45) is 2.81. The van der Waals surface area contributed by atoms with Gasteiger partial charge in [-0.3, -0.25) is 14.6 Å². The number of phenols is 1. The number of amides is 2. The first-order valence-electron chi connectivity index (χ1n) is 5.41. The highest BCUT2D eigenvalue weighted by molar-refractivity contribution is 6.35. The zero-order valence-corrected chi connectivity index (χ0v) is 10.3. The highest BCUT2D eigenvalue weighted by atomic mass is 35.5. The summed E-state index contributed by atoms with van der Waals surface area (Å²) in [5.41, 5.74) is 0.884. The van der Waals surface area contributed by atoms with Gasteiger partial charge < -0.3 is 5.11 Å². The molecule has 5 nitrogen and oxygen atoms in total. The monoisotopic (exact) mass is 274 g/mol. The lowest BCUT2D eigenvalue weighted by molar-refractivity contribution is 0.0926. The Morgan fingerprint density at radius 1 is 1.11 bits per heavy atom. The second kappa shape index (κ2) is 4.07. The molecule has 0 fully saturated rings. The van der Waals surface area contributed by atoms with Gasteiger partial charge in [-0.1, -0.05) is 11.6 Å². The van der Waals surface area contributed by atoms with Gasteiger partial charge >= 0.3 is 0 Å². The Balaban J connectivity index is 2.11. The molecule has 1 aliphatic rings. The van der Waals surface area contributed by atoms with E-state index in [0.29, 0.717) is 11.3 Å². The van der Waals surface area contributed by atoms with Gasteiger partial charge in [-0.15, -0.1) is 0 Å². The van der Waals surface area contributed by atoms with Gasteiger partial charge in [0.15, 0.2) is 0 Å². The zero-order chi connectivity index (χ0) is 13.6. The number of rotatable bonds is 1. The number of carbonyl (C=O) groups excluding carboxylic acids is 2.